The second kappa shape index (κ2) is 12.7. The van der Waals surface area contributed by atoms with Gasteiger partial charge in [-0.2, -0.15) is 0 Å². The van der Waals surface area contributed by atoms with Gasteiger partial charge in [-0.15, -0.1) is 35.3 Å². The molecular weight excluding hydrogens is 369 g/mol. The number of hydrogen-bond acceptors (Lipinski definition) is 2. The van der Waals surface area contributed by atoms with E-state index in [9.17, 15) is 0 Å². The number of nitrogens with zero attached hydrogens (tertiary/aromatic N) is 1. The Morgan fingerprint density at radius 2 is 2.00 bits per heavy atom. The van der Waals surface area contributed by atoms with E-state index in [0.717, 1.165) is 25.5 Å². The normalized spacial score (nSPS) is 10.9. The Bertz CT molecular complexity index is 325. The zero-order valence-electron chi connectivity index (χ0n) is 11.9. The maximum atomic E-state index is 4.22. The van der Waals surface area contributed by atoms with Crippen LogP contribution < -0.4 is 10.6 Å². The van der Waals surface area contributed by atoms with Crippen LogP contribution in [0.3, 0.4) is 0 Å². The van der Waals surface area contributed by atoms with E-state index in [-0.39, 0.29) is 24.0 Å². The number of halogens is 1. The van der Waals surface area contributed by atoms with Crippen LogP contribution in [0.4, 0.5) is 0 Å². The van der Waals surface area contributed by atoms with E-state index in [0.29, 0.717) is 0 Å². The Labute approximate surface area is 138 Å². The topological polar surface area (TPSA) is 36.4 Å². The summed E-state index contributed by atoms with van der Waals surface area (Å²) in [5.74, 6) is 0.919. The van der Waals surface area contributed by atoms with Crippen LogP contribution >= 0.6 is 35.3 Å². The smallest absolute Gasteiger partial charge is 0.190 e. The van der Waals surface area contributed by atoms with E-state index in [1.54, 1.807) is 0 Å². The molecule has 3 nitrogen and oxygen atoms in total. The highest BCUT2D eigenvalue weighted by molar-refractivity contribution is 14.0. The van der Waals surface area contributed by atoms with Gasteiger partial charge in [-0.1, -0.05) is 32.3 Å². The summed E-state index contributed by atoms with van der Waals surface area (Å²) < 4.78 is 0. The van der Waals surface area contributed by atoms with Crippen molar-refractivity contribution in [3.05, 3.63) is 22.4 Å². The Hall–Kier alpha value is -0.300. The molecule has 0 aliphatic heterocycles. The fraction of sp³-hybridized carbons (Fsp3) is 0.643. The fourth-order valence-electron chi connectivity index (χ4n) is 1.74. The molecule has 2 N–H and O–H groups in total. The van der Waals surface area contributed by atoms with Crippen molar-refractivity contribution in [2.45, 2.75) is 39.0 Å². The lowest BCUT2D eigenvalue weighted by molar-refractivity contribution is 0.647. The predicted molar refractivity (Wildman–Crippen MR) is 96.9 cm³/mol. The molecule has 0 radical (unpaired) electrons. The molecule has 0 unspecified atom stereocenters. The summed E-state index contributed by atoms with van der Waals surface area (Å²) in [4.78, 5) is 5.64. The summed E-state index contributed by atoms with van der Waals surface area (Å²) in [6.07, 6.45) is 6.20. The quantitative estimate of drug-likeness (QED) is 0.305. The Morgan fingerprint density at radius 1 is 1.21 bits per heavy atom. The van der Waals surface area contributed by atoms with E-state index in [1.807, 2.05) is 18.4 Å². The van der Waals surface area contributed by atoms with Gasteiger partial charge in [0.1, 0.15) is 0 Å². The third-order valence-corrected chi connectivity index (χ3v) is 3.73. The van der Waals surface area contributed by atoms with Crippen LogP contribution in [0, 0.1) is 0 Å². The number of aliphatic imine (C=N–C) groups is 1. The van der Waals surface area contributed by atoms with Crippen LogP contribution in [0.5, 0.6) is 0 Å². The minimum absolute atomic E-state index is 0. The van der Waals surface area contributed by atoms with Gasteiger partial charge in [0.25, 0.3) is 0 Å². The van der Waals surface area contributed by atoms with E-state index in [1.165, 1.54) is 30.6 Å². The number of hydrogen-bond donors (Lipinski definition) is 2. The zero-order valence-corrected chi connectivity index (χ0v) is 15.1. The van der Waals surface area contributed by atoms with Crippen molar-refractivity contribution >= 4 is 41.3 Å². The molecule has 110 valence electrons. The van der Waals surface area contributed by atoms with Gasteiger partial charge in [-0.05, 0) is 24.3 Å². The third-order valence-electron chi connectivity index (χ3n) is 2.79. The predicted octanol–water partition coefficient (Wildman–Crippen LogP) is 3.65. The molecule has 0 fully saturated rings. The summed E-state index contributed by atoms with van der Waals surface area (Å²) in [6, 6.07) is 4.27. The second-order valence-corrected chi connectivity index (χ2v) is 5.35. The lowest BCUT2D eigenvalue weighted by Gasteiger charge is -2.11. The van der Waals surface area contributed by atoms with Crippen molar-refractivity contribution in [3.63, 3.8) is 0 Å². The van der Waals surface area contributed by atoms with Gasteiger partial charge in [-0.3, -0.25) is 4.99 Å². The van der Waals surface area contributed by atoms with E-state index < -0.39 is 0 Å². The molecule has 1 aromatic heterocycles. The Balaban J connectivity index is 0.00000324. The van der Waals surface area contributed by atoms with Crippen LogP contribution in [-0.2, 0) is 6.42 Å². The molecule has 0 spiro atoms. The molecular formula is C14H26IN3S. The zero-order chi connectivity index (χ0) is 13.1. The first-order valence-corrected chi connectivity index (χ1v) is 7.71. The van der Waals surface area contributed by atoms with Crippen molar-refractivity contribution in [3.8, 4) is 0 Å². The molecule has 0 saturated carbocycles. The molecule has 0 saturated heterocycles. The van der Waals surface area contributed by atoms with Gasteiger partial charge in [0.15, 0.2) is 5.96 Å². The van der Waals surface area contributed by atoms with E-state index in [2.05, 4.69) is 40.1 Å². The monoisotopic (exact) mass is 395 g/mol. The number of unbranched alkanes of at least 4 members (excludes halogenated alkanes) is 3. The minimum Gasteiger partial charge on any atom is -0.356 e. The minimum atomic E-state index is 0. The second-order valence-electron chi connectivity index (χ2n) is 4.32. The molecule has 0 aliphatic carbocycles. The molecule has 0 amide bonds. The summed E-state index contributed by atoms with van der Waals surface area (Å²) in [7, 11) is 1.83. The average Bonchev–Trinajstić information content (AvgIpc) is 2.89. The summed E-state index contributed by atoms with van der Waals surface area (Å²) >= 11 is 1.81. The fourth-order valence-corrected chi connectivity index (χ4v) is 2.45. The Morgan fingerprint density at radius 3 is 2.63 bits per heavy atom. The molecule has 0 aliphatic rings. The van der Waals surface area contributed by atoms with E-state index >= 15 is 0 Å². The van der Waals surface area contributed by atoms with Gasteiger partial charge in [0.05, 0.1) is 0 Å². The molecule has 1 aromatic rings. The number of guanidine groups is 1. The number of thiophene rings is 1. The Kier molecular flexibility index (Phi) is 12.5. The summed E-state index contributed by atoms with van der Waals surface area (Å²) in [5.41, 5.74) is 0. The van der Waals surface area contributed by atoms with E-state index in [4.69, 9.17) is 0 Å². The standard InChI is InChI=1S/C14H25N3S.HI/c1-3-4-5-6-10-16-14(15-2)17-11-9-13-8-7-12-18-13;/h7-8,12H,3-6,9-11H2,1-2H3,(H2,15,16,17);1H. The number of rotatable bonds is 8. The van der Waals surface area contributed by atoms with Crippen molar-refractivity contribution in [2.75, 3.05) is 20.1 Å². The van der Waals surface area contributed by atoms with Gasteiger partial charge in [-0.25, -0.2) is 0 Å². The molecule has 0 atom stereocenters. The summed E-state index contributed by atoms with van der Waals surface area (Å²) in [6.45, 7) is 4.19. The largest absolute Gasteiger partial charge is 0.356 e. The molecule has 19 heavy (non-hydrogen) atoms. The lowest BCUT2D eigenvalue weighted by atomic mass is 10.2. The first-order chi connectivity index (χ1) is 8.86. The first-order valence-electron chi connectivity index (χ1n) is 6.83. The number of nitrogens with one attached hydrogen (secondary N) is 2. The SMILES string of the molecule is CCCCCCNC(=NC)NCCc1cccs1.I. The molecule has 0 aromatic carbocycles. The highest BCUT2D eigenvalue weighted by Gasteiger charge is 1.97. The first kappa shape index (κ1) is 18.7. The lowest BCUT2D eigenvalue weighted by Crippen LogP contribution is -2.38. The average molecular weight is 395 g/mol. The van der Waals surface area contributed by atoms with Crippen LogP contribution in [0.15, 0.2) is 22.5 Å². The third kappa shape index (κ3) is 9.27. The molecule has 5 heteroatoms. The molecule has 0 bridgehead atoms. The highest BCUT2D eigenvalue weighted by Crippen LogP contribution is 2.07. The van der Waals surface area contributed by atoms with Crippen LogP contribution in [0.2, 0.25) is 0 Å². The van der Waals surface area contributed by atoms with Gasteiger partial charge in [0, 0.05) is 25.0 Å². The van der Waals surface area contributed by atoms with Crippen molar-refractivity contribution < 1.29 is 0 Å². The molecule has 1 rings (SSSR count). The van der Waals surface area contributed by atoms with Crippen LogP contribution in [0.1, 0.15) is 37.5 Å². The van der Waals surface area contributed by atoms with Crippen molar-refractivity contribution in [1.29, 1.82) is 0 Å². The van der Waals surface area contributed by atoms with Gasteiger partial charge < -0.3 is 10.6 Å². The maximum Gasteiger partial charge on any atom is 0.190 e. The molecule has 1 heterocycles. The maximum absolute atomic E-state index is 4.22. The van der Waals surface area contributed by atoms with Gasteiger partial charge in [0.2, 0.25) is 0 Å². The van der Waals surface area contributed by atoms with Crippen LogP contribution in [-0.4, -0.2) is 26.1 Å². The van der Waals surface area contributed by atoms with Crippen molar-refractivity contribution in [2.24, 2.45) is 4.99 Å². The highest BCUT2D eigenvalue weighted by atomic mass is 127. The van der Waals surface area contributed by atoms with Gasteiger partial charge >= 0.3 is 0 Å². The van der Waals surface area contributed by atoms with Crippen LogP contribution in [0.25, 0.3) is 0 Å². The van der Waals surface area contributed by atoms with Crippen molar-refractivity contribution in [1.82, 2.24) is 10.6 Å². The summed E-state index contributed by atoms with van der Waals surface area (Å²) in [5, 5.41) is 8.82.